The van der Waals surface area contributed by atoms with E-state index in [1.807, 2.05) is 6.07 Å². The normalized spacial score (nSPS) is 23.4. The fraction of sp³-hybridized carbons (Fsp3) is 0.429. The first-order valence-electron chi connectivity index (χ1n) is 6.61. The van der Waals surface area contributed by atoms with Gasteiger partial charge in [-0.3, -0.25) is 4.79 Å². The number of carboxylic acids is 1. The molecular formula is C14H16N2O4S. The number of carbonyl (C=O) groups is 1. The SMILES string of the molecule is CC1CC(C(=O)O)CCN1S(=O)(=O)c1ccccc1C#N. The van der Waals surface area contributed by atoms with Crippen molar-refractivity contribution in [2.75, 3.05) is 6.54 Å². The Balaban J connectivity index is 2.33. The summed E-state index contributed by atoms with van der Waals surface area (Å²) in [7, 11) is -3.79. The van der Waals surface area contributed by atoms with Crippen LogP contribution in [0.1, 0.15) is 25.3 Å². The van der Waals surface area contributed by atoms with Gasteiger partial charge >= 0.3 is 5.97 Å². The highest BCUT2D eigenvalue weighted by Gasteiger charge is 2.37. The van der Waals surface area contributed by atoms with Crippen LogP contribution < -0.4 is 0 Å². The van der Waals surface area contributed by atoms with Crippen molar-refractivity contribution < 1.29 is 18.3 Å². The lowest BCUT2D eigenvalue weighted by Crippen LogP contribution is -2.46. The van der Waals surface area contributed by atoms with Crippen molar-refractivity contribution in [2.24, 2.45) is 5.92 Å². The predicted octanol–water partition coefficient (Wildman–Crippen LogP) is 1.43. The first kappa shape index (κ1) is 15.5. The van der Waals surface area contributed by atoms with Gasteiger partial charge in [-0.25, -0.2) is 8.42 Å². The minimum absolute atomic E-state index is 0.0203. The smallest absolute Gasteiger partial charge is 0.306 e. The fourth-order valence-corrected chi connectivity index (χ4v) is 4.44. The quantitative estimate of drug-likeness (QED) is 0.910. The van der Waals surface area contributed by atoms with Crippen LogP contribution in [0, 0.1) is 17.2 Å². The number of hydrogen-bond acceptors (Lipinski definition) is 4. The largest absolute Gasteiger partial charge is 0.481 e. The van der Waals surface area contributed by atoms with Crippen LogP contribution in [0.25, 0.3) is 0 Å². The molecule has 2 unspecified atom stereocenters. The average Bonchev–Trinajstić information content (AvgIpc) is 2.46. The molecule has 1 N–H and O–H groups in total. The third-order valence-corrected chi connectivity index (χ3v) is 5.83. The number of piperidine rings is 1. The molecule has 2 rings (SSSR count). The Morgan fingerprint density at radius 1 is 1.43 bits per heavy atom. The van der Waals surface area contributed by atoms with Crippen LogP contribution in [0.2, 0.25) is 0 Å². The number of rotatable bonds is 3. The van der Waals surface area contributed by atoms with Crippen molar-refractivity contribution in [1.29, 1.82) is 5.26 Å². The van der Waals surface area contributed by atoms with Crippen molar-refractivity contribution in [3.8, 4) is 6.07 Å². The summed E-state index contributed by atoms with van der Waals surface area (Å²) < 4.78 is 26.7. The zero-order valence-corrected chi connectivity index (χ0v) is 12.4. The van der Waals surface area contributed by atoms with Gasteiger partial charge in [-0.1, -0.05) is 12.1 Å². The van der Waals surface area contributed by atoms with E-state index in [0.717, 1.165) is 0 Å². The summed E-state index contributed by atoms with van der Waals surface area (Å²) in [4.78, 5) is 11.0. The van der Waals surface area contributed by atoms with Gasteiger partial charge in [0.05, 0.1) is 16.4 Å². The zero-order chi connectivity index (χ0) is 15.6. The van der Waals surface area contributed by atoms with Crippen molar-refractivity contribution in [1.82, 2.24) is 4.31 Å². The first-order valence-corrected chi connectivity index (χ1v) is 8.05. The maximum atomic E-state index is 12.7. The highest BCUT2D eigenvalue weighted by atomic mass is 32.2. The third kappa shape index (κ3) is 2.91. The number of carboxylic acid groups (broad SMARTS) is 1. The van der Waals surface area contributed by atoms with E-state index in [9.17, 15) is 13.2 Å². The maximum absolute atomic E-state index is 12.7. The number of nitrogens with zero attached hydrogens (tertiary/aromatic N) is 2. The van der Waals surface area contributed by atoms with Crippen LogP contribution >= 0.6 is 0 Å². The van der Waals surface area contributed by atoms with Crippen LogP contribution in [0.3, 0.4) is 0 Å². The molecule has 112 valence electrons. The van der Waals surface area contributed by atoms with E-state index in [1.54, 1.807) is 19.1 Å². The summed E-state index contributed by atoms with van der Waals surface area (Å²) in [5.41, 5.74) is 0.102. The summed E-state index contributed by atoms with van der Waals surface area (Å²) in [5.74, 6) is -1.41. The molecule has 2 atom stereocenters. The van der Waals surface area contributed by atoms with E-state index in [2.05, 4.69) is 0 Å². The van der Waals surface area contributed by atoms with Gasteiger partial charge in [0.25, 0.3) is 0 Å². The monoisotopic (exact) mass is 308 g/mol. The lowest BCUT2D eigenvalue weighted by atomic mass is 9.93. The second-order valence-electron chi connectivity index (χ2n) is 5.13. The Morgan fingerprint density at radius 2 is 2.10 bits per heavy atom. The molecule has 1 fully saturated rings. The molecule has 1 aliphatic rings. The van der Waals surface area contributed by atoms with Crippen molar-refractivity contribution in [2.45, 2.75) is 30.7 Å². The first-order chi connectivity index (χ1) is 9.87. The Labute approximate surface area is 123 Å². The van der Waals surface area contributed by atoms with Crippen LogP contribution in [0.4, 0.5) is 0 Å². The van der Waals surface area contributed by atoms with E-state index in [0.29, 0.717) is 0 Å². The summed E-state index contributed by atoms with van der Waals surface area (Å²) >= 11 is 0. The van der Waals surface area contributed by atoms with Gasteiger partial charge < -0.3 is 5.11 Å². The van der Waals surface area contributed by atoms with Gasteiger partial charge in [0.2, 0.25) is 10.0 Å². The molecule has 1 saturated heterocycles. The van der Waals surface area contributed by atoms with E-state index in [-0.39, 0.29) is 29.8 Å². The van der Waals surface area contributed by atoms with Gasteiger partial charge in [-0.2, -0.15) is 9.57 Å². The molecular weight excluding hydrogens is 292 g/mol. The summed E-state index contributed by atoms with van der Waals surface area (Å²) in [6, 6.07) is 7.52. The zero-order valence-electron chi connectivity index (χ0n) is 11.6. The van der Waals surface area contributed by atoms with Crippen LogP contribution in [0.15, 0.2) is 29.2 Å². The summed E-state index contributed by atoms with van der Waals surface area (Å²) in [6.07, 6.45) is 0.566. The van der Waals surface area contributed by atoms with Crippen molar-refractivity contribution in [3.05, 3.63) is 29.8 Å². The molecule has 0 radical (unpaired) electrons. The molecule has 1 aromatic rings. The Kier molecular flexibility index (Phi) is 4.30. The lowest BCUT2D eigenvalue weighted by molar-refractivity contribution is -0.143. The summed E-state index contributed by atoms with van der Waals surface area (Å²) in [6.45, 7) is 1.85. The van der Waals surface area contributed by atoms with E-state index < -0.39 is 28.0 Å². The predicted molar refractivity (Wildman–Crippen MR) is 74.9 cm³/mol. The second kappa shape index (κ2) is 5.84. The molecule has 0 amide bonds. The Bertz CT molecular complexity index is 693. The van der Waals surface area contributed by atoms with Crippen molar-refractivity contribution >= 4 is 16.0 Å². The molecule has 0 saturated carbocycles. The fourth-order valence-electron chi connectivity index (χ4n) is 2.64. The number of aliphatic carboxylic acids is 1. The summed E-state index contributed by atoms with van der Waals surface area (Å²) in [5, 5.41) is 18.1. The molecule has 1 aliphatic heterocycles. The molecule has 0 aromatic heterocycles. The number of benzene rings is 1. The average molecular weight is 308 g/mol. The van der Waals surface area contributed by atoms with Crippen LogP contribution in [-0.2, 0) is 14.8 Å². The number of sulfonamides is 1. The molecule has 1 aromatic carbocycles. The van der Waals surface area contributed by atoms with Crippen LogP contribution in [0.5, 0.6) is 0 Å². The molecule has 0 aliphatic carbocycles. The van der Waals surface area contributed by atoms with E-state index in [1.165, 1.54) is 16.4 Å². The highest BCUT2D eigenvalue weighted by Crippen LogP contribution is 2.29. The molecule has 7 heteroatoms. The van der Waals surface area contributed by atoms with Crippen LogP contribution in [-0.4, -0.2) is 36.4 Å². The minimum Gasteiger partial charge on any atom is -0.481 e. The standard InChI is InChI=1S/C14H16N2O4S/c1-10-8-11(14(17)18)6-7-16(10)21(19,20)13-5-3-2-4-12(13)9-15/h2-5,10-11H,6-8H2,1H3,(H,17,18). The molecule has 0 spiro atoms. The van der Waals surface area contributed by atoms with Gasteiger partial charge in [-0.15, -0.1) is 0 Å². The molecule has 0 bridgehead atoms. The molecule has 6 nitrogen and oxygen atoms in total. The minimum atomic E-state index is -3.79. The van der Waals surface area contributed by atoms with E-state index in [4.69, 9.17) is 10.4 Å². The number of nitriles is 1. The van der Waals surface area contributed by atoms with Crippen molar-refractivity contribution in [3.63, 3.8) is 0 Å². The molecule has 21 heavy (non-hydrogen) atoms. The lowest BCUT2D eigenvalue weighted by Gasteiger charge is -2.35. The molecule has 1 heterocycles. The maximum Gasteiger partial charge on any atom is 0.306 e. The topological polar surface area (TPSA) is 98.5 Å². The Hall–Kier alpha value is -1.91. The van der Waals surface area contributed by atoms with Gasteiger partial charge in [-0.05, 0) is 31.9 Å². The highest BCUT2D eigenvalue weighted by molar-refractivity contribution is 7.89. The number of hydrogen-bond donors (Lipinski definition) is 1. The second-order valence-corrected chi connectivity index (χ2v) is 6.99. The van der Waals surface area contributed by atoms with E-state index >= 15 is 0 Å². The third-order valence-electron chi connectivity index (χ3n) is 3.76. The van der Waals surface area contributed by atoms with Gasteiger partial charge in [0.1, 0.15) is 6.07 Å². The Morgan fingerprint density at radius 3 is 2.67 bits per heavy atom. The van der Waals surface area contributed by atoms with Gasteiger partial charge in [0.15, 0.2) is 0 Å². The van der Waals surface area contributed by atoms with Gasteiger partial charge in [0, 0.05) is 12.6 Å².